The van der Waals surface area contributed by atoms with Gasteiger partial charge in [0.2, 0.25) is 0 Å². The summed E-state index contributed by atoms with van der Waals surface area (Å²) in [5.41, 5.74) is -0.489. The Labute approximate surface area is 167 Å². The first-order valence-electron chi connectivity index (χ1n) is 10.6. The SMILES string of the molecule is CCCCCCCCCCCCN(N)C(=S)NC(C)(CC)/N=N/C(C)C. The van der Waals surface area contributed by atoms with E-state index >= 15 is 0 Å². The third-order valence-electron chi connectivity index (χ3n) is 4.59. The van der Waals surface area contributed by atoms with Crippen molar-refractivity contribution < 1.29 is 0 Å². The predicted octanol–water partition coefficient (Wildman–Crippen LogP) is 5.94. The second kappa shape index (κ2) is 15.3. The van der Waals surface area contributed by atoms with Crippen LogP contribution in [-0.2, 0) is 0 Å². The number of hydrogen-bond donors (Lipinski definition) is 2. The topological polar surface area (TPSA) is 66.0 Å². The molecule has 3 N–H and O–H groups in total. The number of thiocarbonyl (C=S) groups is 1. The second-order valence-corrected chi connectivity index (χ2v) is 8.13. The first kappa shape index (κ1) is 25.2. The van der Waals surface area contributed by atoms with E-state index < -0.39 is 5.66 Å². The quantitative estimate of drug-likeness (QED) is 0.120. The molecule has 0 aromatic heterocycles. The fourth-order valence-electron chi connectivity index (χ4n) is 2.60. The summed E-state index contributed by atoms with van der Waals surface area (Å²) < 4.78 is 0. The van der Waals surface area contributed by atoms with Crippen LogP contribution in [0.25, 0.3) is 0 Å². The maximum atomic E-state index is 6.10. The van der Waals surface area contributed by atoms with Crippen LogP contribution in [0.2, 0.25) is 0 Å². The summed E-state index contributed by atoms with van der Waals surface area (Å²) in [5.74, 6) is 6.10. The first-order valence-corrected chi connectivity index (χ1v) is 11.0. The van der Waals surface area contributed by atoms with Crippen LogP contribution < -0.4 is 11.2 Å². The smallest absolute Gasteiger partial charge is 0.185 e. The van der Waals surface area contributed by atoms with Crippen molar-refractivity contribution in [2.45, 2.75) is 117 Å². The molecule has 0 amide bonds. The van der Waals surface area contributed by atoms with Crippen LogP contribution in [0.5, 0.6) is 0 Å². The molecular formula is C20H43N5S. The highest BCUT2D eigenvalue weighted by atomic mass is 32.1. The number of azo groups is 1. The molecule has 0 saturated carbocycles. The molecule has 1 atom stereocenters. The molecule has 0 spiro atoms. The number of unbranched alkanes of at least 4 members (excludes halogenated alkanes) is 9. The summed E-state index contributed by atoms with van der Waals surface area (Å²) in [6.45, 7) is 11.1. The Bertz CT molecular complexity index is 386. The Morgan fingerprint density at radius 1 is 1.00 bits per heavy atom. The van der Waals surface area contributed by atoms with Gasteiger partial charge < -0.3 is 5.32 Å². The summed E-state index contributed by atoms with van der Waals surface area (Å²) >= 11 is 5.43. The lowest BCUT2D eigenvalue weighted by molar-refractivity contribution is 0.348. The molecule has 0 aromatic carbocycles. The van der Waals surface area contributed by atoms with E-state index in [4.69, 9.17) is 18.1 Å². The van der Waals surface area contributed by atoms with Gasteiger partial charge in [0.25, 0.3) is 0 Å². The third-order valence-corrected chi connectivity index (χ3v) is 4.92. The van der Waals surface area contributed by atoms with Gasteiger partial charge in [-0.3, -0.25) is 5.01 Å². The lowest BCUT2D eigenvalue weighted by Crippen LogP contribution is -2.52. The summed E-state index contributed by atoms with van der Waals surface area (Å²) in [6.07, 6.45) is 14.0. The summed E-state index contributed by atoms with van der Waals surface area (Å²) in [7, 11) is 0. The van der Waals surface area contributed by atoms with Crippen molar-refractivity contribution >= 4 is 17.3 Å². The highest BCUT2D eigenvalue weighted by molar-refractivity contribution is 7.80. The number of rotatable bonds is 15. The average molecular weight is 386 g/mol. The minimum atomic E-state index is -0.489. The van der Waals surface area contributed by atoms with E-state index in [1.807, 2.05) is 20.8 Å². The molecule has 0 aliphatic carbocycles. The monoisotopic (exact) mass is 385 g/mol. The number of nitrogens with two attached hydrogens (primary N) is 1. The average Bonchev–Trinajstić information content (AvgIpc) is 2.61. The van der Waals surface area contributed by atoms with Gasteiger partial charge in [-0.2, -0.15) is 10.2 Å². The van der Waals surface area contributed by atoms with Gasteiger partial charge in [0.05, 0.1) is 6.04 Å². The van der Waals surface area contributed by atoms with E-state index in [1.54, 1.807) is 5.01 Å². The van der Waals surface area contributed by atoms with Crippen LogP contribution in [0, 0.1) is 0 Å². The Morgan fingerprint density at radius 3 is 1.96 bits per heavy atom. The van der Waals surface area contributed by atoms with Gasteiger partial charge in [-0.25, -0.2) is 5.84 Å². The number of hydrazine groups is 1. The van der Waals surface area contributed by atoms with E-state index in [0.29, 0.717) is 5.11 Å². The Kier molecular flexibility index (Phi) is 14.9. The molecule has 0 radical (unpaired) electrons. The predicted molar refractivity (Wildman–Crippen MR) is 117 cm³/mol. The van der Waals surface area contributed by atoms with Crippen LogP contribution in [0.3, 0.4) is 0 Å². The van der Waals surface area contributed by atoms with Crippen LogP contribution in [0.15, 0.2) is 10.2 Å². The number of hydrogen-bond acceptors (Lipinski definition) is 4. The molecule has 0 aliphatic rings. The third kappa shape index (κ3) is 13.5. The molecule has 0 fully saturated rings. The minimum Gasteiger partial charge on any atom is -0.336 e. The molecule has 0 rings (SSSR count). The summed E-state index contributed by atoms with van der Waals surface area (Å²) in [4.78, 5) is 0. The maximum Gasteiger partial charge on any atom is 0.185 e. The Morgan fingerprint density at radius 2 is 1.50 bits per heavy atom. The summed E-state index contributed by atoms with van der Waals surface area (Å²) in [6, 6.07) is 0.178. The van der Waals surface area contributed by atoms with Crippen molar-refractivity contribution in [3.8, 4) is 0 Å². The van der Waals surface area contributed by atoms with Gasteiger partial charge >= 0.3 is 0 Å². The van der Waals surface area contributed by atoms with Crippen molar-refractivity contribution in [3.63, 3.8) is 0 Å². The van der Waals surface area contributed by atoms with E-state index in [9.17, 15) is 0 Å². The lowest BCUT2D eigenvalue weighted by Gasteiger charge is -2.29. The zero-order valence-electron chi connectivity index (χ0n) is 17.9. The van der Waals surface area contributed by atoms with Crippen LogP contribution in [-0.4, -0.2) is 28.4 Å². The Hall–Kier alpha value is -0.750. The van der Waals surface area contributed by atoms with Crippen molar-refractivity contribution in [2.24, 2.45) is 16.1 Å². The molecular weight excluding hydrogens is 342 g/mol. The lowest BCUT2D eigenvalue weighted by atomic mass is 10.1. The zero-order chi connectivity index (χ0) is 19.8. The highest BCUT2D eigenvalue weighted by Gasteiger charge is 2.23. The van der Waals surface area contributed by atoms with Gasteiger partial charge in [0.1, 0.15) is 5.66 Å². The fourth-order valence-corrected chi connectivity index (χ4v) is 2.91. The van der Waals surface area contributed by atoms with Crippen molar-refractivity contribution in [3.05, 3.63) is 0 Å². The van der Waals surface area contributed by atoms with Crippen LogP contribution in [0.4, 0.5) is 0 Å². The standard InChI is InChI=1S/C20H43N5S/c1-6-8-9-10-11-12-13-14-15-16-17-25(21)19(26)22-20(5,7-2)24-23-18(3)4/h18H,6-17,21H2,1-5H3,(H,22,26)/b24-23+. The Balaban J connectivity index is 3.88. The molecule has 1 unspecified atom stereocenters. The van der Waals surface area contributed by atoms with Crippen molar-refractivity contribution in [2.75, 3.05) is 6.54 Å². The number of nitrogens with one attached hydrogen (secondary N) is 1. The van der Waals surface area contributed by atoms with E-state index in [2.05, 4.69) is 29.4 Å². The highest BCUT2D eigenvalue weighted by Crippen LogP contribution is 2.14. The molecule has 0 aromatic rings. The normalized spacial score (nSPS) is 14.0. The van der Waals surface area contributed by atoms with E-state index in [-0.39, 0.29) is 6.04 Å². The van der Waals surface area contributed by atoms with Crippen LogP contribution in [0.1, 0.15) is 105 Å². The molecule has 0 heterocycles. The van der Waals surface area contributed by atoms with Crippen molar-refractivity contribution in [1.82, 2.24) is 10.3 Å². The van der Waals surface area contributed by atoms with Gasteiger partial charge in [-0.1, -0.05) is 71.6 Å². The first-order chi connectivity index (χ1) is 12.3. The van der Waals surface area contributed by atoms with Gasteiger partial charge in [-0.15, -0.1) is 0 Å². The minimum absolute atomic E-state index is 0.178. The van der Waals surface area contributed by atoms with E-state index in [0.717, 1.165) is 19.4 Å². The molecule has 6 heteroatoms. The van der Waals surface area contributed by atoms with Gasteiger partial charge in [0, 0.05) is 6.54 Å². The van der Waals surface area contributed by atoms with E-state index in [1.165, 1.54) is 57.8 Å². The number of nitrogens with zero attached hydrogens (tertiary/aromatic N) is 3. The molecule has 0 aliphatic heterocycles. The van der Waals surface area contributed by atoms with Crippen molar-refractivity contribution in [1.29, 1.82) is 0 Å². The second-order valence-electron chi connectivity index (χ2n) is 7.74. The molecule has 5 nitrogen and oxygen atoms in total. The molecule has 0 bridgehead atoms. The molecule has 26 heavy (non-hydrogen) atoms. The zero-order valence-corrected chi connectivity index (χ0v) is 18.7. The molecule has 0 saturated heterocycles. The van der Waals surface area contributed by atoms with Gasteiger partial charge in [0.15, 0.2) is 5.11 Å². The largest absolute Gasteiger partial charge is 0.336 e. The summed E-state index contributed by atoms with van der Waals surface area (Å²) in [5, 5.41) is 14.1. The van der Waals surface area contributed by atoms with Gasteiger partial charge in [-0.05, 0) is 45.8 Å². The van der Waals surface area contributed by atoms with Crippen LogP contribution >= 0.6 is 12.2 Å². The molecule has 154 valence electrons. The fraction of sp³-hybridized carbons (Fsp3) is 0.950. The maximum absolute atomic E-state index is 6.10.